The molecule has 0 fully saturated rings. The highest BCUT2D eigenvalue weighted by Gasteiger charge is 2.21. The monoisotopic (exact) mass is 532 g/mol. The van der Waals surface area contributed by atoms with E-state index in [1.54, 1.807) is 0 Å². The van der Waals surface area contributed by atoms with E-state index < -0.39 is 0 Å². The predicted molar refractivity (Wildman–Crippen MR) is 171 cm³/mol. The van der Waals surface area contributed by atoms with E-state index in [2.05, 4.69) is 95.6 Å². The van der Waals surface area contributed by atoms with Crippen LogP contribution in [0.5, 0.6) is 0 Å². The molecule has 0 amide bonds. The number of aromatic nitrogens is 1. The van der Waals surface area contributed by atoms with Crippen LogP contribution in [0.4, 0.5) is 5.69 Å². The SMILES string of the molecule is Nc1ccc2oc3ccc(-c4ccccc4-n4c5ccccc5c5ccc6c7c(sc6c54)CCC=C7)cc3c2c1. The first-order valence-electron chi connectivity index (χ1n) is 13.7. The maximum Gasteiger partial charge on any atom is 0.135 e. The quantitative estimate of drug-likeness (QED) is 0.225. The van der Waals surface area contributed by atoms with E-state index in [9.17, 15) is 0 Å². The summed E-state index contributed by atoms with van der Waals surface area (Å²) in [6.45, 7) is 0. The molecular formula is C36H24N2OS. The zero-order valence-electron chi connectivity index (χ0n) is 21.6. The van der Waals surface area contributed by atoms with E-state index in [1.165, 1.54) is 53.6 Å². The van der Waals surface area contributed by atoms with Gasteiger partial charge >= 0.3 is 0 Å². The molecule has 1 aliphatic carbocycles. The molecule has 40 heavy (non-hydrogen) atoms. The van der Waals surface area contributed by atoms with Crippen molar-refractivity contribution < 1.29 is 4.42 Å². The zero-order valence-corrected chi connectivity index (χ0v) is 22.5. The number of hydrogen-bond donors (Lipinski definition) is 1. The number of nitrogens with zero attached hydrogens (tertiary/aromatic N) is 1. The van der Waals surface area contributed by atoms with Crippen LogP contribution in [0.15, 0.2) is 108 Å². The van der Waals surface area contributed by atoms with Gasteiger partial charge in [-0.2, -0.15) is 0 Å². The van der Waals surface area contributed by atoms with Gasteiger partial charge in [-0.3, -0.25) is 0 Å². The lowest BCUT2D eigenvalue weighted by Gasteiger charge is -2.14. The van der Waals surface area contributed by atoms with Crippen molar-refractivity contribution in [2.24, 2.45) is 0 Å². The molecule has 0 radical (unpaired) electrons. The van der Waals surface area contributed by atoms with Gasteiger partial charge in [0.1, 0.15) is 11.2 Å². The first-order chi connectivity index (χ1) is 19.7. The molecule has 0 atom stereocenters. The second-order valence-corrected chi connectivity index (χ2v) is 11.8. The Labute approximate surface area is 234 Å². The minimum absolute atomic E-state index is 0.740. The second-order valence-electron chi connectivity index (χ2n) is 10.7. The van der Waals surface area contributed by atoms with Gasteiger partial charge in [0.25, 0.3) is 0 Å². The van der Waals surface area contributed by atoms with Crippen LogP contribution in [0.3, 0.4) is 0 Å². The number of nitrogen functional groups attached to an aromatic ring is 1. The highest BCUT2D eigenvalue weighted by Crippen LogP contribution is 2.45. The van der Waals surface area contributed by atoms with E-state index >= 15 is 0 Å². The average molecular weight is 533 g/mol. The fourth-order valence-electron chi connectivity index (χ4n) is 6.58. The first-order valence-corrected chi connectivity index (χ1v) is 14.5. The van der Waals surface area contributed by atoms with Gasteiger partial charge in [-0.1, -0.05) is 66.7 Å². The topological polar surface area (TPSA) is 44.1 Å². The number of para-hydroxylation sites is 2. The normalized spacial score (nSPS) is 13.3. The van der Waals surface area contributed by atoms with Crippen LogP contribution >= 0.6 is 11.3 Å². The summed E-state index contributed by atoms with van der Waals surface area (Å²) < 4.78 is 10.00. The Kier molecular flexibility index (Phi) is 4.47. The van der Waals surface area contributed by atoms with Crippen molar-refractivity contribution >= 4 is 76.9 Å². The third-order valence-electron chi connectivity index (χ3n) is 8.38. The Morgan fingerprint density at radius 1 is 0.725 bits per heavy atom. The number of rotatable bonds is 2. The maximum atomic E-state index is 6.15. The Balaban J connectivity index is 1.38. The minimum atomic E-state index is 0.740. The summed E-state index contributed by atoms with van der Waals surface area (Å²) in [5.74, 6) is 0. The fraction of sp³-hybridized carbons (Fsp3) is 0.0556. The molecule has 0 spiro atoms. The van der Waals surface area contributed by atoms with Crippen molar-refractivity contribution in [2.45, 2.75) is 12.8 Å². The first kappa shape index (κ1) is 22.1. The van der Waals surface area contributed by atoms with E-state index in [-0.39, 0.29) is 0 Å². The Bertz CT molecular complexity index is 2350. The second kappa shape index (κ2) is 8.10. The molecule has 3 aromatic heterocycles. The molecule has 9 rings (SSSR count). The van der Waals surface area contributed by atoms with Gasteiger partial charge in [-0.15, -0.1) is 11.3 Å². The number of thiophene rings is 1. The maximum absolute atomic E-state index is 6.15. The summed E-state index contributed by atoms with van der Waals surface area (Å²) in [6.07, 6.45) is 6.87. The number of anilines is 1. The molecule has 190 valence electrons. The van der Waals surface area contributed by atoms with Gasteiger partial charge in [-0.05, 0) is 66.4 Å². The number of fused-ring (bicyclic) bond motifs is 10. The summed E-state index contributed by atoms with van der Waals surface area (Å²) in [6, 6.07) is 34.6. The molecular weight excluding hydrogens is 508 g/mol. The van der Waals surface area contributed by atoms with Crippen molar-refractivity contribution in [3.05, 3.63) is 114 Å². The molecule has 0 saturated heterocycles. The fourth-order valence-corrected chi connectivity index (χ4v) is 7.92. The van der Waals surface area contributed by atoms with Crippen LogP contribution in [0.25, 0.3) is 76.7 Å². The summed E-state index contributed by atoms with van der Waals surface area (Å²) in [5.41, 5.74) is 16.0. The van der Waals surface area contributed by atoms with Gasteiger partial charge in [0.15, 0.2) is 0 Å². The molecule has 4 heteroatoms. The Morgan fingerprint density at radius 3 is 2.48 bits per heavy atom. The average Bonchev–Trinajstić information content (AvgIpc) is 3.66. The lowest BCUT2D eigenvalue weighted by molar-refractivity contribution is 0.669. The van der Waals surface area contributed by atoms with Gasteiger partial charge in [-0.25, -0.2) is 0 Å². The molecule has 0 aliphatic heterocycles. The number of nitrogens with two attached hydrogens (primary N) is 1. The predicted octanol–water partition coefficient (Wildman–Crippen LogP) is 10.1. The van der Waals surface area contributed by atoms with Crippen LogP contribution in [-0.2, 0) is 6.42 Å². The van der Waals surface area contributed by atoms with Gasteiger partial charge in [0.2, 0.25) is 0 Å². The Hall–Kier alpha value is -4.80. The molecule has 8 aromatic rings. The van der Waals surface area contributed by atoms with Gasteiger partial charge < -0.3 is 14.7 Å². The van der Waals surface area contributed by atoms with Crippen molar-refractivity contribution in [2.75, 3.05) is 5.73 Å². The highest BCUT2D eigenvalue weighted by atomic mass is 32.1. The summed E-state index contributed by atoms with van der Waals surface area (Å²) in [5, 5.41) is 6.06. The third kappa shape index (κ3) is 3.00. The lowest BCUT2D eigenvalue weighted by Crippen LogP contribution is -1.97. The van der Waals surface area contributed by atoms with Crippen molar-refractivity contribution in [3.8, 4) is 16.8 Å². The highest BCUT2D eigenvalue weighted by molar-refractivity contribution is 7.20. The Morgan fingerprint density at radius 2 is 1.52 bits per heavy atom. The molecule has 0 bridgehead atoms. The molecule has 3 heterocycles. The third-order valence-corrected chi connectivity index (χ3v) is 9.67. The molecule has 1 aliphatic rings. The van der Waals surface area contributed by atoms with Crippen LogP contribution in [-0.4, -0.2) is 4.57 Å². The molecule has 0 unspecified atom stereocenters. The standard InChI is InChI=1S/C36H24N2OS/c37-22-14-18-33-29(20-22)28-19-21(13-17-32(28)39-33)23-7-1-4-10-30(23)38-31-11-5-2-8-24(31)26-15-16-27-25-9-3-6-12-34(25)40-36(27)35(26)38/h1-5,7-11,13-20H,6,12,37H2. The zero-order chi connectivity index (χ0) is 26.4. The summed E-state index contributed by atoms with van der Waals surface area (Å²) >= 11 is 1.96. The number of allylic oxidation sites excluding steroid dienone is 1. The largest absolute Gasteiger partial charge is 0.456 e. The summed E-state index contributed by atoms with van der Waals surface area (Å²) in [7, 11) is 0. The van der Waals surface area contributed by atoms with Crippen LogP contribution in [0.2, 0.25) is 0 Å². The van der Waals surface area contributed by atoms with Crippen molar-refractivity contribution in [1.29, 1.82) is 0 Å². The van der Waals surface area contributed by atoms with E-state index in [1.807, 2.05) is 29.5 Å². The smallest absolute Gasteiger partial charge is 0.135 e. The minimum Gasteiger partial charge on any atom is -0.456 e. The van der Waals surface area contributed by atoms with Crippen LogP contribution < -0.4 is 5.73 Å². The number of furan rings is 1. The number of benzene rings is 5. The van der Waals surface area contributed by atoms with E-state index in [0.717, 1.165) is 46.0 Å². The summed E-state index contributed by atoms with van der Waals surface area (Å²) in [4.78, 5) is 1.49. The number of hydrogen-bond acceptors (Lipinski definition) is 3. The van der Waals surface area contributed by atoms with Crippen molar-refractivity contribution in [1.82, 2.24) is 4.57 Å². The molecule has 0 saturated carbocycles. The van der Waals surface area contributed by atoms with Gasteiger partial charge in [0, 0.05) is 43.1 Å². The lowest BCUT2D eigenvalue weighted by atomic mass is 10.0. The van der Waals surface area contributed by atoms with Crippen LogP contribution in [0.1, 0.15) is 16.9 Å². The van der Waals surface area contributed by atoms with Crippen LogP contribution in [0, 0.1) is 0 Å². The van der Waals surface area contributed by atoms with E-state index in [0.29, 0.717) is 0 Å². The van der Waals surface area contributed by atoms with Gasteiger partial charge in [0.05, 0.1) is 21.4 Å². The van der Waals surface area contributed by atoms with Crippen molar-refractivity contribution in [3.63, 3.8) is 0 Å². The molecule has 2 N–H and O–H groups in total. The molecule has 3 nitrogen and oxygen atoms in total. The molecule has 5 aromatic carbocycles. The van der Waals surface area contributed by atoms with E-state index in [4.69, 9.17) is 10.2 Å². The number of aryl methyl sites for hydroxylation is 1.